The van der Waals surface area contributed by atoms with Gasteiger partial charge in [0.2, 0.25) is 0 Å². The number of hydrogen-bond donors (Lipinski definition) is 0. The van der Waals surface area contributed by atoms with Crippen LogP contribution in [0.3, 0.4) is 0 Å². The molecule has 0 fully saturated rings. The molecular weight excluding hydrogens is 374 g/mol. The van der Waals surface area contributed by atoms with Gasteiger partial charge in [-0.3, -0.25) is 9.59 Å². The Morgan fingerprint density at radius 2 is 1.61 bits per heavy atom. The van der Waals surface area contributed by atoms with Crippen molar-refractivity contribution in [1.29, 1.82) is 0 Å². The molecule has 0 spiro atoms. The molecule has 0 saturated carbocycles. The van der Waals surface area contributed by atoms with Crippen LogP contribution in [-0.2, 0) is 9.59 Å². The van der Waals surface area contributed by atoms with Gasteiger partial charge in [-0.25, -0.2) is 4.90 Å². The molecule has 0 saturated heterocycles. The molecular formula is C22H23NO4S. The third kappa shape index (κ3) is 3.64. The van der Waals surface area contributed by atoms with Crippen LogP contribution in [0.25, 0.3) is 5.57 Å². The molecule has 1 aliphatic rings. The predicted octanol–water partition coefficient (Wildman–Crippen LogP) is 4.52. The van der Waals surface area contributed by atoms with Crippen molar-refractivity contribution in [2.24, 2.45) is 0 Å². The molecule has 0 N–H and O–H groups in total. The van der Waals surface area contributed by atoms with Crippen molar-refractivity contribution in [1.82, 2.24) is 0 Å². The highest BCUT2D eigenvalue weighted by molar-refractivity contribution is 8.04. The van der Waals surface area contributed by atoms with Crippen LogP contribution in [-0.4, -0.2) is 31.3 Å². The quantitative estimate of drug-likeness (QED) is 0.613. The van der Waals surface area contributed by atoms with Gasteiger partial charge in [0.05, 0.1) is 29.9 Å². The third-order valence-corrected chi connectivity index (χ3v) is 5.23. The van der Waals surface area contributed by atoms with Crippen LogP contribution < -0.4 is 14.4 Å². The van der Waals surface area contributed by atoms with Crippen molar-refractivity contribution < 1.29 is 19.1 Å². The van der Waals surface area contributed by atoms with Gasteiger partial charge in [0.15, 0.2) is 0 Å². The summed E-state index contributed by atoms with van der Waals surface area (Å²) in [5, 5.41) is 0. The number of amides is 2. The fraction of sp³-hybridized carbons (Fsp3) is 0.273. The van der Waals surface area contributed by atoms with E-state index >= 15 is 0 Å². The van der Waals surface area contributed by atoms with E-state index < -0.39 is 0 Å². The Balaban J connectivity index is 2.10. The first-order chi connectivity index (χ1) is 13.6. The second-order valence-corrected chi connectivity index (χ2v) is 7.37. The van der Waals surface area contributed by atoms with E-state index in [1.807, 2.05) is 32.0 Å². The maximum Gasteiger partial charge on any atom is 0.272 e. The number of anilines is 1. The Hall–Kier alpha value is -2.73. The van der Waals surface area contributed by atoms with Gasteiger partial charge >= 0.3 is 0 Å². The highest BCUT2D eigenvalue weighted by Crippen LogP contribution is 2.43. The summed E-state index contributed by atoms with van der Waals surface area (Å²) < 4.78 is 11.2. The van der Waals surface area contributed by atoms with Gasteiger partial charge in [0.1, 0.15) is 11.5 Å². The Labute approximate surface area is 169 Å². The highest BCUT2D eigenvalue weighted by atomic mass is 32.2. The molecule has 2 aromatic carbocycles. The lowest BCUT2D eigenvalue weighted by molar-refractivity contribution is -0.119. The largest absolute Gasteiger partial charge is 0.496 e. The zero-order valence-electron chi connectivity index (χ0n) is 16.2. The standard InChI is InChI=1S/C22H23NO4S/c1-4-14-27-18-13-9-7-11-16(18)23-21(24)19(20(22(23)25)28-5-2)15-10-6-8-12-17(15)26-3/h6-13H,4-5,14H2,1-3H3. The van der Waals surface area contributed by atoms with Gasteiger partial charge in [-0.2, -0.15) is 0 Å². The van der Waals surface area contributed by atoms with E-state index in [0.29, 0.717) is 45.6 Å². The number of imide groups is 1. The van der Waals surface area contributed by atoms with Gasteiger partial charge in [-0.1, -0.05) is 44.2 Å². The van der Waals surface area contributed by atoms with E-state index in [4.69, 9.17) is 9.47 Å². The lowest BCUT2D eigenvalue weighted by atomic mass is 10.0. The van der Waals surface area contributed by atoms with E-state index in [1.54, 1.807) is 37.4 Å². The fourth-order valence-corrected chi connectivity index (χ4v) is 3.92. The van der Waals surface area contributed by atoms with Crippen LogP contribution >= 0.6 is 11.8 Å². The molecule has 3 rings (SSSR count). The van der Waals surface area contributed by atoms with Crippen LogP contribution in [0, 0.1) is 0 Å². The van der Waals surface area contributed by atoms with E-state index in [-0.39, 0.29) is 11.8 Å². The molecule has 146 valence electrons. The number of thioether (sulfide) groups is 1. The van der Waals surface area contributed by atoms with Crippen molar-refractivity contribution in [2.45, 2.75) is 20.3 Å². The molecule has 0 aliphatic carbocycles. The number of methoxy groups -OCH3 is 1. The Morgan fingerprint density at radius 3 is 2.29 bits per heavy atom. The van der Waals surface area contributed by atoms with Crippen LogP contribution in [0.1, 0.15) is 25.8 Å². The van der Waals surface area contributed by atoms with Crippen molar-refractivity contribution in [3.05, 3.63) is 59.0 Å². The molecule has 2 amide bonds. The summed E-state index contributed by atoms with van der Waals surface area (Å²) in [6.07, 6.45) is 0.831. The summed E-state index contributed by atoms with van der Waals surface area (Å²) in [5.74, 6) is 1.07. The summed E-state index contributed by atoms with van der Waals surface area (Å²) in [6, 6.07) is 14.4. The minimum absolute atomic E-state index is 0.328. The number of nitrogens with zero attached hydrogens (tertiary/aromatic N) is 1. The van der Waals surface area contributed by atoms with Crippen molar-refractivity contribution >= 4 is 34.8 Å². The number of para-hydroxylation sites is 3. The van der Waals surface area contributed by atoms with Gasteiger partial charge in [-0.05, 0) is 30.4 Å². The van der Waals surface area contributed by atoms with Crippen molar-refractivity contribution in [2.75, 3.05) is 24.4 Å². The average molecular weight is 397 g/mol. The van der Waals surface area contributed by atoms with Crippen LogP contribution in [0.2, 0.25) is 0 Å². The molecule has 0 aromatic heterocycles. The van der Waals surface area contributed by atoms with Gasteiger partial charge in [0, 0.05) is 5.56 Å². The number of carbonyl (C=O) groups is 2. The van der Waals surface area contributed by atoms with Gasteiger partial charge < -0.3 is 9.47 Å². The number of carbonyl (C=O) groups excluding carboxylic acids is 2. The SMILES string of the molecule is CCCOc1ccccc1N1C(=O)C(SCC)=C(c2ccccc2OC)C1=O. The fourth-order valence-electron chi connectivity index (χ4n) is 3.07. The molecule has 0 radical (unpaired) electrons. The van der Waals surface area contributed by atoms with Gasteiger partial charge in [-0.15, -0.1) is 11.8 Å². The predicted molar refractivity (Wildman–Crippen MR) is 113 cm³/mol. The highest BCUT2D eigenvalue weighted by Gasteiger charge is 2.42. The topological polar surface area (TPSA) is 55.8 Å². The first-order valence-electron chi connectivity index (χ1n) is 9.25. The molecule has 0 bridgehead atoms. The summed E-state index contributed by atoms with van der Waals surface area (Å²) in [7, 11) is 1.55. The zero-order valence-corrected chi connectivity index (χ0v) is 17.0. The Bertz CT molecular complexity index is 922. The minimum Gasteiger partial charge on any atom is -0.496 e. The second kappa shape index (κ2) is 8.97. The van der Waals surface area contributed by atoms with Gasteiger partial charge in [0.25, 0.3) is 11.8 Å². The lowest BCUT2D eigenvalue weighted by Gasteiger charge is -2.19. The van der Waals surface area contributed by atoms with E-state index in [1.165, 1.54) is 16.7 Å². The molecule has 0 atom stereocenters. The van der Waals surface area contributed by atoms with Crippen LogP contribution in [0.15, 0.2) is 53.4 Å². The Kier molecular flexibility index (Phi) is 6.41. The van der Waals surface area contributed by atoms with E-state index in [9.17, 15) is 9.59 Å². The first-order valence-corrected chi connectivity index (χ1v) is 10.2. The zero-order chi connectivity index (χ0) is 20.1. The molecule has 2 aromatic rings. The average Bonchev–Trinajstić information content (AvgIpc) is 2.96. The maximum absolute atomic E-state index is 13.4. The summed E-state index contributed by atoms with van der Waals surface area (Å²) in [6.45, 7) is 4.47. The molecule has 6 heteroatoms. The Morgan fingerprint density at radius 1 is 0.929 bits per heavy atom. The van der Waals surface area contributed by atoms with E-state index in [2.05, 4.69) is 0 Å². The molecule has 1 heterocycles. The number of benzene rings is 2. The monoisotopic (exact) mass is 397 g/mol. The number of ether oxygens (including phenoxy) is 2. The van der Waals surface area contributed by atoms with E-state index in [0.717, 1.165) is 6.42 Å². The maximum atomic E-state index is 13.4. The summed E-state index contributed by atoms with van der Waals surface area (Å²) >= 11 is 1.37. The first kappa shape index (κ1) is 20.0. The summed E-state index contributed by atoms with van der Waals surface area (Å²) in [5.41, 5.74) is 1.46. The van der Waals surface area contributed by atoms with Crippen LogP contribution in [0.5, 0.6) is 11.5 Å². The van der Waals surface area contributed by atoms with Crippen molar-refractivity contribution in [3.63, 3.8) is 0 Å². The normalized spacial score (nSPS) is 14.0. The van der Waals surface area contributed by atoms with Crippen LogP contribution in [0.4, 0.5) is 5.69 Å². The molecule has 5 nitrogen and oxygen atoms in total. The second-order valence-electron chi connectivity index (χ2n) is 6.10. The molecule has 0 unspecified atom stereocenters. The summed E-state index contributed by atoms with van der Waals surface area (Å²) in [4.78, 5) is 28.3. The number of hydrogen-bond acceptors (Lipinski definition) is 5. The lowest BCUT2D eigenvalue weighted by Crippen LogP contribution is -2.31. The molecule has 28 heavy (non-hydrogen) atoms. The third-order valence-electron chi connectivity index (χ3n) is 4.27. The van der Waals surface area contributed by atoms with Crippen molar-refractivity contribution in [3.8, 4) is 11.5 Å². The molecule has 1 aliphatic heterocycles. The smallest absolute Gasteiger partial charge is 0.272 e. The minimum atomic E-state index is -0.363. The number of rotatable bonds is 8.